The maximum atomic E-state index is 12.2. The minimum absolute atomic E-state index is 0.129. The summed E-state index contributed by atoms with van der Waals surface area (Å²) in [7, 11) is 0. The molecule has 0 saturated carbocycles. The van der Waals surface area contributed by atoms with Gasteiger partial charge in [-0.15, -0.1) is 10.2 Å². The van der Waals surface area contributed by atoms with Crippen LogP contribution in [-0.4, -0.2) is 66.3 Å². The van der Waals surface area contributed by atoms with Gasteiger partial charge < -0.3 is 15.4 Å². The number of benzene rings is 1. The molecule has 1 aromatic heterocycles. The van der Waals surface area contributed by atoms with Crippen LogP contribution in [0.5, 0.6) is 0 Å². The first-order valence-corrected chi connectivity index (χ1v) is 9.23. The highest BCUT2D eigenvalue weighted by Crippen LogP contribution is 2.13. The number of nitrogens with one attached hydrogen (secondary N) is 2. The van der Waals surface area contributed by atoms with Crippen molar-refractivity contribution in [1.82, 2.24) is 20.4 Å². The fourth-order valence-corrected chi connectivity index (χ4v) is 3.12. The predicted molar refractivity (Wildman–Crippen MR) is 98.6 cm³/mol. The van der Waals surface area contributed by atoms with Gasteiger partial charge in [-0.1, -0.05) is 11.3 Å². The number of ether oxygens (including phenoxy) is 1. The highest BCUT2D eigenvalue weighted by molar-refractivity contribution is 7.13. The molecule has 9 heteroatoms. The lowest BCUT2D eigenvalue weighted by atomic mass is 10.2. The van der Waals surface area contributed by atoms with E-state index in [0.29, 0.717) is 22.8 Å². The lowest BCUT2D eigenvalue weighted by molar-refractivity contribution is 0.0383. The van der Waals surface area contributed by atoms with Crippen LogP contribution in [0.3, 0.4) is 0 Å². The van der Waals surface area contributed by atoms with Crippen LogP contribution in [0, 0.1) is 6.92 Å². The van der Waals surface area contributed by atoms with E-state index in [0.717, 1.165) is 37.9 Å². The van der Waals surface area contributed by atoms with Gasteiger partial charge in [0.1, 0.15) is 5.01 Å². The van der Waals surface area contributed by atoms with Crippen LogP contribution in [0.25, 0.3) is 0 Å². The molecule has 1 saturated heterocycles. The van der Waals surface area contributed by atoms with Gasteiger partial charge in [0.05, 0.1) is 13.2 Å². The number of carbonyl (C=O) groups is 2. The van der Waals surface area contributed by atoms with Crippen molar-refractivity contribution < 1.29 is 14.3 Å². The normalized spacial score (nSPS) is 14.8. The smallest absolute Gasteiger partial charge is 0.286 e. The number of hydrogen-bond donors (Lipinski definition) is 2. The van der Waals surface area contributed by atoms with E-state index in [-0.39, 0.29) is 11.8 Å². The molecular weight excluding hydrogens is 354 g/mol. The van der Waals surface area contributed by atoms with Crippen LogP contribution < -0.4 is 10.6 Å². The Morgan fingerprint density at radius 3 is 2.54 bits per heavy atom. The number of aromatic nitrogens is 2. The molecule has 1 aromatic carbocycles. The number of amides is 2. The van der Waals surface area contributed by atoms with Crippen LogP contribution in [-0.2, 0) is 4.74 Å². The summed E-state index contributed by atoms with van der Waals surface area (Å²) in [5.74, 6) is -0.436. The number of aryl methyl sites for hydroxylation is 1. The summed E-state index contributed by atoms with van der Waals surface area (Å²) in [6, 6.07) is 6.77. The van der Waals surface area contributed by atoms with E-state index in [2.05, 4.69) is 25.7 Å². The van der Waals surface area contributed by atoms with Gasteiger partial charge in [-0.3, -0.25) is 14.5 Å². The monoisotopic (exact) mass is 375 g/mol. The summed E-state index contributed by atoms with van der Waals surface area (Å²) in [5, 5.41) is 14.3. The van der Waals surface area contributed by atoms with Crippen LogP contribution in [0.15, 0.2) is 24.3 Å². The lowest BCUT2D eigenvalue weighted by Gasteiger charge is -2.26. The standard InChI is InChI=1S/C17H21N5O3S/c1-12-20-21-17(26-12)16(24)19-14-4-2-13(3-5-14)15(23)18-6-7-22-8-10-25-11-9-22/h2-5H,6-11H2,1H3,(H,18,23)(H,19,24). The van der Waals surface area contributed by atoms with Gasteiger partial charge in [0, 0.05) is 37.4 Å². The summed E-state index contributed by atoms with van der Waals surface area (Å²) >= 11 is 1.23. The molecule has 1 aliphatic rings. The van der Waals surface area contributed by atoms with E-state index in [1.807, 2.05) is 0 Å². The van der Waals surface area contributed by atoms with Crippen LogP contribution >= 0.6 is 11.3 Å². The van der Waals surface area contributed by atoms with Gasteiger partial charge >= 0.3 is 0 Å². The topological polar surface area (TPSA) is 96.5 Å². The second-order valence-electron chi connectivity index (χ2n) is 5.87. The fraction of sp³-hybridized carbons (Fsp3) is 0.412. The summed E-state index contributed by atoms with van der Waals surface area (Å²) in [6.07, 6.45) is 0. The van der Waals surface area contributed by atoms with Crippen molar-refractivity contribution in [3.63, 3.8) is 0 Å². The van der Waals surface area contributed by atoms with Crippen molar-refractivity contribution in [2.45, 2.75) is 6.92 Å². The molecule has 0 atom stereocenters. The molecule has 26 heavy (non-hydrogen) atoms. The zero-order chi connectivity index (χ0) is 18.4. The Kier molecular flexibility index (Phi) is 6.26. The maximum absolute atomic E-state index is 12.2. The lowest BCUT2D eigenvalue weighted by Crippen LogP contribution is -2.41. The van der Waals surface area contributed by atoms with Gasteiger partial charge in [0.25, 0.3) is 11.8 Å². The van der Waals surface area contributed by atoms with Gasteiger partial charge in [-0.2, -0.15) is 0 Å². The Morgan fingerprint density at radius 2 is 1.88 bits per heavy atom. The molecule has 2 amide bonds. The van der Waals surface area contributed by atoms with Crippen molar-refractivity contribution in [3.05, 3.63) is 39.8 Å². The van der Waals surface area contributed by atoms with Crippen LogP contribution in [0.2, 0.25) is 0 Å². The zero-order valence-corrected chi connectivity index (χ0v) is 15.3. The maximum Gasteiger partial charge on any atom is 0.286 e. The van der Waals surface area contributed by atoms with E-state index < -0.39 is 0 Å². The molecule has 1 fully saturated rings. The minimum Gasteiger partial charge on any atom is -0.379 e. The van der Waals surface area contributed by atoms with Gasteiger partial charge in [-0.25, -0.2) is 0 Å². The first-order chi connectivity index (χ1) is 12.6. The van der Waals surface area contributed by atoms with Crippen molar-refractivity contribution in [1.29, 1.82) is 0 Å². The molecule has 8 nitrogen and oxygen atoms in total. The largest absolute Gasteiger partial charge is 0.379 e. The number of carbonyl (C=O) groups excluding carboxylic acids is 2. The van der Waals surface area contributed by atoms with Crippen molar-refractivity contribution >= 4 is 28.8 Å². The molecule has 0 radical (unpaired) electrons. The molecular formula is C17H21N5O3S. The van der Waals surface area contributed by atoms with Gasteiger partial charge in [0.2, 0.25) is 5.01 Å². The molecule has 138 valence electrons. The second-order valence-corrected chi connectivity index (χ2v) is 7.05. The zero-order valence-electron chi connectivity index (χ0n) is 14.5. The molecule has 1 aliphatic heterocycles. The molecule has 2 N–H and O–H groups in total. The summed E-state index contributed by atoms with van der Waals surface area (Å²) < 4.78 is 5.30. The molecule has 0 bridgehead atoms. The third-order valence-corrected chi connectivity index (χ3v) is 4.78. The van der Waals surface area contributed by atoms with E-state index in [1.165, 1.54) is 11.3 Å². The Balaban J connectivity index is 1.47. The molecule has 0 spiro atoms. The number of rotatable bonds is 6. The number of anilines is 1. The minimum atomic E-state index is -0.307. The fourth-order valence-electron chi connectivity index (χ4n) is 2.53. The quantitative estimate of drug-likeness (QED) is 0.787. The van der Waals surface area contributed by atoms with Crippen molar-refractivity contribution in [3.8, 4) is 0 Å². The van der Waals surface area contributed by atoms with Gasteiger partial charge in [0.15, 0.2) is 0 Å². The van der Waals surface area contributed by atoms with Crippen LogP contribution in [0.4, 0.5) is 5.69 Å². The Hall–Kier alpha value is -2.36. The van der Waals surface area contributed by atoms with Crippen molar-refractivity contribution in [2.75, 3.05) is 44.7 Å². The molecule has 2 aromatic rings. The van der Waals surface area contributed by atoms with E-state index in [4.69, 9.17) is 4.74 Å². The van der Waals surface area contributed by atoms with E-state index >= 15 is 0 Å². The van der Waals surface area contributed by atoms with E-state index in [9.17, 15) is 9.59 Å². The highest BCUT2D eigenvalue weighted by atomic mass is 32.1. The first-order valence-electron chi connectivity index (χ1n) is 8.41. The number of morpholine rings is 1. The second kappa shape index (κ2) is 8.84. The summed E-state index contributed by atoms with van der Waals surface area (Å²) in [6.45, 7) is 6.49. The van der Waals surface area contributed by atoms with E-state index in [1.54, 1.807) is 31.2 Å². The summed E-state index contributed by atoms with van der Waals surface area (Å²) in [5.41, 5.74) is 1.16. The third-order valence-electron chi connectivity index (χ3n) is 3.94. The summed E-state index contributed by atoms with van der Waals surface area (Å²) in [4.78, 5) is 26.5. The SMILES string of the molecule is Cc1nnc(C(=O)Nc2ccc(C(=O)NCCN3CCOCC3)cc2)s1. The Morgan fingerprint density at radius 1 is 1.15 bits per heavy atom. The Bertz CT molecular complexity index is 756. The third kappa shape index (κ3) is 5.07. The highest BCUT2D eigenvalue weighted by Gasteiger charge is 2.13. The average molecular weight is 375 g/mol. The predicted octanol–water partition coefficient (Wildman–Crippen LogP) is 1.16. The molecule has 3 rings (SSSR count). The first kappa shape index (κ1) is 18.4. The van der Waals surface area contributed by atoms with Crippen molar-refractivity contribution in [2.24, 2.45) is 0 Å². The number of hydrogen-bond acceptors (Lipinski definition) is 7. The molecule has 0 aliphatic carbocycles. The average Bonchev–Trinajstić information content (AvgIpc) is 3.10. The number of nitrogens with zero attached hydrogens (tertiary/aromatic N) is 3. The van der Waals surface area contributed by atoms with Gasteiger partial charge in [-0.05, 0) is 31.2 Å². The van der Waals surface area contributed by atoms with Crippen LogP contribution in [0.1, 0.15) is 25.2 Å². The molecule has 2 heterocycles. The Labute approximate surface area is 155 Å². The molecule has 0 unspecified atom stereocenters.